The van der Waals surface area contributed by atoms with Crippen molar-refractivity contribution in [2.24, 2.45) is 17.8 Å². The van der Waals surface area contributed by atoms with Crippen molar-refractivity contribution in [2.75, 3.05) is 31.1 Å². The molecule has 10 heteroatoms. The molecule has 0 unspecified atom stereocenters. The van der Waals surface area contributed by atoms with Crippen molar-refractivity contribution in [1.82, 2.24) is 19.4 Å². The highest BCUT2D eigenvalue weighted by Crippen LogP contribution is 2.40. The fourth-order valence-electron chi connectivity index (χ4n) is 5.64. The fourth-order valence-corrected chi connectivity index (χ4v) is 5.64. The Morgan fingerprint density at radius 1 is 1.05 bits per heavy atom. The minimum atomic E-state index is -4.08. The molecule has 0 spiro atoms. The lowest BCUT2D eigenvalue weighted by molar-refractivity contribution is -0.183. The molecule has 2 aliphatic rings. The molecule has 1 amide bonds. The topological polar surface area (TPSA) is 63.5 Å². The molecular formula is C27H40F3N5O2. The summed E-state index contributed by atoms with van der Waals surface area (Å²) in [6.07, 6.45) is 2.73. The number of halogens is 3. The lowest BCUT2D eigenvalue weighted by Gasteiger charge is -2.34. The molecule has 206 valence electrons. The number of anilines is 1. The number of nitrogens with zero attached hydrogens (tertiary/aromatic N) is 5. The summed E-state index contributed by atoms with van der Waals surface area (Å²) < 4.78 is 46.9. The number of fused-ring (bicyclic) bond motifs is 1. The van der Waals surface area contributed by atoms with Crippen LogP contribution < -0.4 is 4.90 Å². The Morgan fingerprint density at radius 2 is 1.73 bits per heavy atom. The lowest BCUT2D eigenvalue weighted by Crippen LogP contribution is -2.42. The highest BCUT2D eigenvalue weighted by atomic mass is 19.4. The Kier molecular flexibility index (Phi) is 8.23. The van der Waals surface area contributed by atoms with Crippen LogP contribution in [0.25, 0.3) is 11.0 Å². The van der Waals surface area contributed by atoms with E-state index in [1.165, 1.54) is 0 Å². The molecule has 0 N–H and O–H groups in total. The van der Waals surface area contributed by atoms with Gasteiger partial charge in [0.25, 0.3) is 0 Å². The van der Waals surface area contributed by atoms with E-state index in [0.29, 0.717) is 38.4 Å². The second-order valence-electron chi connectivity index (χ2n) is 11.6. The van der Waals surface area contributed by atoms with Gasteiger partial charge >= 0.3 is 12.3 Å². The number of likely N-dealkylation sites (tertiary alicyclic amines) is 1. The number of hydrogen-bond acceptors (Lipinski definition) is 5. The number of aromatic nitrogens is 3. The zero-order chi connectivity index (χ0) is 26.8. The third-order valence-electron chi connectivity index (χ3n) is 7.73. The van der Waals surface area contributed by atoms with Crippen molar-refractivity contribution in [3.63, 3.8) is 0 Å². The summed E-state index contributed by atoms with van der Waals surface area (Å²) in [5.41, 5.74) is 0.378. The fraction of sp³-hybridized carbons (Fsp3) is 0.741. The van der Waals surface area contributed by atoms with Crippen LogP contribution in [0, 0.1) is 17.8 Å². The van der Waals surface area contributed by atoms with Gasteiger partial charge in [-0.15, -0.1) is 0 Å². The van der Waals surface area contributed by atoms with Gasteiger partial charge in [-0.3, -0.25) is 0 Å². The smallest absolute Gasteiger partial charge is 0.410 e. The number of rotatable bonds is 6. The number of carbonyl (C=O) groups excluding carboxylic acids is 1. The third kappa shape index (κ3) is 6.87. The molecule has 4 rings (SSSR count). The van der Waals surface area contributed by atoms with Gasteiger partial charge < -0.3 is 19.1 Å². The minimum Gasteiger partial charge on any atom is -0.444 e. The van der Waals surface area contributed by atoms with Crippen LogP contribution in [0.1, 0.15) is 66.2 Å². The first kappa shape index (κ1) is 27.5. The van der Waals surface area contributed by atoms with Gasteiger partial charge in [0.15, 0.2) is 0 Å². The maximum atomic E-state index is 13.1. The molecular weight excluding hydrogens is 483 g/mol. The predicted octanol–water partition coefficient (Wildman–Crippen LogP) is 6.27. The van der Waals surface area contributed by atoms with Crippen LogP contribution >= 0.6 is 0 Å². The van der Waals surface area contributed by atoms with Crippen LogP contribution in [0.5, 0.6) is 0 Å². The zero-order valence-corrected chi connectivity index (χ0v) is 22.4. The highest BCUT2D eigenvalue weighted by molar-refractivity contribution is 5.87. The van der Waals surface area contributed by atoms with E-state index in [2.05, 4.69) is 26.4 Å². The highest BCUT2D eigenvalue weighted by Gasteiger charge is 2.41. The quantitative estimate of drug-likeness (QED) is 0.446. The van der Waals surface area contributed by atoms with Crippen LogP contribution in [0.4, 0.5) is 23.8 Å². The second-order valence-corrected chi connectivity index (χ2v) is 11.6. The Labute approximate surface area is 217 Å². The van der Waals surface area contributed by atoms with Gasteiger partial charge in [-0.1, -0.05) is 0 Å². The van der Waals surface area contributed by atoms with Gasteiger partial charge in [0.2, 0.25) is 0 Å². The monoisotopic (exact) mass is 523 g/mol. The van der Waals surface area contributed by atoms with Crippen LogP contribution in [0.2, 0.25) is 0 Å². The molecule has 0 radical (unpaired) electrons. The summed E-state index contributed by atoms with van der Waals surface area (Å²) in [4.78, 5) is 25.5. The summed E-state index contributed by atoms with van der Waals surface area (Å²) in [5, 5.41) is 0.972. The van der Waals surface area contributed by atoms with E-state index in [0.717, 1.165) is 42.8 Å². The van der Waals surface area contributed by atoms with Crippen LogP contribution in [-0.2, 0) is 11.3 Å². The first-order chi connectivity index (χ1) is 17.4. The maximum Gasteiger partial charge on any atom is 0.410 e. The van der Waals surface area contributed by atoms with Crippen molar-refractivity contribution in [3.8, 4) is 0 Å². The second kappa shape index (κ2) is 11.1. The molecule has 1 aliphatic heterocycles. The molecule has 3 heterocycles. The van der Waals surface area contributed by atoms with Crippen molar-refractivity contribution in [3.05, 3.63) is 18.6 Å². The first-order valence-corrected chi connectivity index (χ1v) is 13.5. The van der Waals surface area contributed by atoms with Crippen LogP contribution in [0.15, 0.2) is 18.6 Å². The molecule has 0 aromatic carbocycles. The zero-order valence-electron chi connectivity index (χ0n) is 22.4. The Bertz CT molecular complexity index is 1050. The van der Waals surface area contributed by atoms with Gasteiger partial charge in [-0.2, -0.15) is 13.2 Å². The molecule has 1 saturated carbocycles. The Morgan fingerprint density at radius 3 is 2.32 bits per heavy atom. The summed E-state index contributed by atoms with van der Waals surface area (Å²) in [6.45, 7) is 11.3. The van der Waals surface area contributed by atoms with Crippen molar-refractivity contribution in [1.29, 1.82) is 0 Å². The van der Waals surface area contributed by atoms with Gasteiger partial charge in [-0.25, -0.2) is 14.8 Å². The maximum absolute atomic E-state index is 13.1. The van der Waals surface area contributed by atoms with Gasteiger partial charge in [0.05, 0.1) is 11.3 Å². The van der Waals surface area contributed by atoms with Crippen LogP contribution in [0.3, 0.4) is 0 Å². The number of ether oxygens (including phenoxy) is 1. The molecule has 2 aromatic heterocycles. The minimum absolute atomic E-state index is 0.216. The molecule has 2 aromatic rings. The molecule has 1 saturated heterocycles. The van der Waals surface area contributed by atoms with Gasteiger partial charge in [0.1, 0.15) is 23.4 Å². The summed E-state index contributed by atoms with van der Waals surface area (Å²) >= 11 is 0. The summed E-state index contributed by atoms with van der Waals surface area (Å²) in [5.74, 6) is 0.359. The number of amides is 1. The number of piperidine rings is 1. The van der Waals surface area contributed by atoms with E-state index in [-0.39, 0.29) is 24.9 Å². The molecule has 37 heavy (non-hydrogen) atoms. The van der Waals surface area contributed by atoms with Crippen LogP contribution in [-0.4, -0.2) is 63.5 Å². The van der Waals surface area contributed by atoms with E-state index in [1.54, 1.807) is 11.2 Å². The summed E-state index contributed by atoms with van der Waals surface area (Å²) in [7, 11) is 0. The number of carbonyl (C=O) groups is 1. The SMILES string of the molecule is CCN(CC1CCC(C(F)(F)F)CC1)c1ncnc2c1ccn2CC1CCN(C(=O)OC(C)(C)C)CC1. The van der Waals surface area contributed by atoms with E-state index >= 15 is 0 Å². The first-order valence-electron chi connectivity index (χ1n) is 13.5. The van der Waals surface area contributed by atoms with E-state index in [1.807, 2.05) is 33.0 Å². The third-order valence-corrected chi connectivity index (χ3v) is 7.73. The lowest BCUT2D eigenvalue weighted by atomic mass is 9.81. The van der Waals surface area contributed by atoms with Crippen molar-refractivity contribution in [2.45, 2.75) is 84.5 Å². The Hall–Kier alpha value is -2.52. The van der Waals surface area contributed by atoms with Crippen molar-refractivity contribution >= 4 is 22.9 Å². The molecule has 1 aliphatic carbocycles. The molecule has 7 nitrogen and oxygen atoms in total. The molecule has 2 fully saturated rings. The van der Waals surface area contributed by atoms with Gasteiger partial charge in [0, 0.05) is 38.9 Å². The largest absolute Gasteiger partial charge is 0.444 e. The average Bonchev–Trinajstić information content (AvgIpc) is 3.24. The number of hydrogen-bond donors (Lipinski definition) is 0. The van der Waals surface area contributed by atoms with Gasteiger partial charge in [-0.05, 0) is 84.1 Å². The number of alkyl halides is 3. The normalized spacial score (nSPS) is 21.9. The standard InChI is InChI=1S/C27H40F3N5O2/c1-5-33(16-19-6-8-21(9-7-19)27(28,29)30)23-22-12-15-35(24(22)32-18-31-23)17-20-10-13-34(14-11-20)25(36)37-26(2,3)4/h12,15,18-21H,5-11,13-14,16-17H2,1-4H3. The van der Waals surface area contributed by atoms with E-state index < -0.39 is 17.7 Å². The van der Waals surface area contributed by atoms with Crippen molar-refractivity contribution < 1.29 is 22.7 Å². The molecule has 0 bridgehead atoms. The Balaban J connectivity index is 1.38. The summed E-state index contributed by atoms with van der Waals surface area (Å²) in [6, 6.07) is 2.05. The predicted molar refractivity (Wildman–Crippen MR) is 137 cm³/mol. The average molecular weight is 524 g/mol. The van der Waals surface area contributed by atoms with E-state index in [4.69, 9.17) is 4.74 Å². The van der Waals surface area contributed by atoms with E-state index in [9.17, 15) is 18.0 Å². The molecule has 0 atom stereocenters.